The first kappa shape index (κ1) is 14.0. The topological polar surface area (TPSA) is 9.23 Å². The van der Waals surface area contributed by atoms with E-state index in [2.05, 4.69) is 67.6 Å². The van der Waals surface area contributed by atoms with E-state index in [9.17, 15) is 0 Å². The van der Waals surface area contributed by atoms with Crippen LogP contribution < -0.4 is 0 Å². The molecule has 0 N–H and O–H groups in total. The molecule has 0 bridgehead atoms. The molecule has 90 valence electrons. The van der Waals surface area contributed by atoms with Gasteiger partial charge >= 0.3 is 0 Å². The molecule has 2 atom stereocenters. The first-order valence-electron chi connectivity index (χ1n) is 5.91. The van der Waals surface area contributed by atoms with E-state index in [1.165, 1.54) is 12.0 Å². The van der Waals surface area contributed by atoms with Gasteiger partial charge in [0.1, 0.15) is 0 Å². The van der Waals surface area contributed by atoms with Crippen LogP contribution in [0.5, 0.6) is 0 Å². The maximum absolute atomic E-state index is 6.21. The Bertz CT molecular complexity index is 299. The van der Waals surface area contributed by atoms with Crippen LogP contribution in [-0.4, -0.2) is 10.5 Å². The van der Waals surface area contributed by atoms with Gasteiger partial charge in [-0.15, -0.1) is 0 Å². The highest BCUT2D eigenvalue weighted by atomic mass is 127. The van der Waals surface area contributed by atoms with E-state index < -0.39 is 0 Å². The summed E-state index contributed by atoms with van der Waals surface area (Å²) in [4.78, 5) is 0. The van der Waals surface area contributed by atoms with Crippen molar-refractivity contribution >= 4 is 22.6 Å². The minimum Gasteiger partial charge on any atom is -0.367 e. The molecule has 1 aromatic rings. The van der Waals surface area contributed by atoms with Crippen LogP contribution in [0.4, 0.5) is 0 Å². The Morgan fingerprint density at radius 1 is 1.31 bits per heavy atom. The van der Waals surface area contributed by atoms with Crippen LogP contribution in [0.25, 0.3) is 0 Å². The molecule has 1 aromatic carbocycles. The van der Waals surface area contributed by atoms with Crippen molar-refractivity contribution in [1.82, 2.24) is 0 Å². The van der Waals surface area contributed by atoms with Crippen molar-refractivity contribution in [1.29, 1.82) is 0 Å². The molecule has 0 spiro atoms. The molecule has 0 fully saturated rings. The van der Waals surface area contributed by atoms with Crippen LogP contribution >= 0.6 is 22.6 Å². The van der Waals surface area contributed by atoms with Gasteiger partial charge in [0, 0.05) is 4.43 Å². The highest BCUT2D eigenvalue weighted by Crippen LogP contribution is 2.29. The third-order valence-electron chi connectivity index (χ3n) is 2.80. The fraction of sp³-hybridized carbons (Fsp3) is 0.571. The first-order chi connectivity index (χ1) is 7.62. The number of benzene rings is 1. The lowest BCUT2D eigenvalue weighted by atomic mass is 9.97. The fourth-order valence-corrected chi connectivity index (χ4v) is 2.50. The molecule has 1 rings (SSSR count). The van der Waals surface area contributed by atoms with Crippen LogP contribution in [0.15, 0.2) is 30.3 Å². The monoisotopic (exact) mass is 332 g/mol. The van der Waals surface area contributed by atoms with Crippen LogP contribution in [0.3, 0.4) is 0 Å². The smallest absolute Gasteiger partial charge is 0.0995 e. The van der Waals surface area contributed by atoms with Crippen molar-refractivity contribution in [3.63, 3.8) is 0 Å². The third kappa shape index (κ3) is 3.74. The van der Waals surface area contributed by atoms with Gasteiger partial charge in [-0.1, -0.05) is 66.3 Å². The van der Waals surface area contributed by atoms with E-state index >= 15 is 0 Å². The maximum Gasteiger partial charge on any atom is 0.0995 e. The Morgan fingerprint density at radius 2 is 1.94 bits per heavy atom. The van der Waals surface area contributed by atoms with Crippen molar-refractivity contribution in [2.45, 2.75) is 45.3 Å². The van der Waals surface area contributed by atoms with Crippen LogP contribution in [-0.2, 0) is 10.3 Å². The predicted molar refractivity (Wildman–Crippen MR) is 78.1 cm³/mol. The molecule has 2 heteroatoms. The Kier molecular flexibility index (Phi) is 5.76. The van der Waals surface area contributed by atoms with Gasteiger partial charge in [0.25, 0.3) is 0 Å². The fourth-order valence-electron chi connectivity index (χ4n) is 1.88. The van der Waals surface area contributed by atoms with E-state index in [1.807, 2.05) is 6.07 Å². The number of rotatable bonds is 6. The lowest BCUT2D eigenvalue weighted by molar-refractivity contribution is -0.0659. The largest absolute Gasteiger partial charge is 0.367 e. The van der Waals surface area contributed by atoms with Gasteiger partial charge in [0.2, 0.25) is 0 Å². The SMILES string of the molecule is CCCC(C)OC(C)(CI)c1ccccc1. The summed E-state index contributed by atoms with van der Waals surface area (Å²) >= 11 is 2.41. The minimum absolute atomic E-state index is 0.156. The van der Waals surface area contributed by atoms with Crippen LogP contribution in [0.1, 0.15) is 39.2 Å². The summed E-state index contributed by atoms with van der Waals surface area (Å²) in [5.74, 6) is 0. The average molecular weight is 332 g/mol. The molecule has 0 heterocycles. The van der Waals surface area contributed by atoms with Gasteiger partial charge in [-0.25, -0.2) is 0 Å². The van der Waals surface area contributed by atoms with Gasteiger partial charge in [-0.3, -0.25) is 0 Å². The van der Waals surface area contributed by atoms with Crippen LogP contribution in [0, 0.1) is 0 Å². The Balaban J connectivity index is 2.78. The zero-order valence-electron chi connectivity index (χ0n) is 10.4. The zero-order valence-corrected chi connectivity index (χ0v) is 12.5. The Morgan fingerprint density at radius 3 is 2.44 bits per heavy atom. The van der Waals surface area contributed by atoms with Crippen molar-refractivity contribution in [2.24, 2.45) is 0 Å². The lowest BCUT2D eigenvalue weighted by Gasteiger charge is -2.32. The van der Waals surface area contributed by atoms with Crippen molar-refractivity contribution in [3.8, 4) is 0 Å². The second-order valence-electron chi connectivity index (χ2n) is 4.45. The zero-order chi connectivity index (χ0) is 12.0. The number of alkyl halides is 1. The minimum atomic E-state index is -0.156. The number of halogens is 1. The van der Waals surface area contributed by atoms with Crippen molar-refractivity contribution in [3.05, 3.63) is 35.9 Å². The summed E-state index contributed by atoms with van der Waals surface area (Å²) in [6, 6.07) is 10.5. The molecule has 0 amide bonds. The number of hydrogen-bond acceptors (Lipinski definition) is 1. The highest BCUT2D eigenvalue weighted by molar-refractivity contribution is 14.1. The quantitative estimate of drug-likeness (QED) is 0.549. The second-order valence-corrected chi connectivity index (χ2v) is 5.21. The molecule has 0 aliphatic rings. The number of ether oxygens (including phenoxy) is 1. The molecule has 2 unspecified atom stereocenters. The molecule has 0 aliphatic heterocycles. The van der Waals surface area contributed by atoms with Gasteiger partial charge < -0.3 is 4.74 Å². The second kappa shape index (κ2) is 6.60. The predicted octanol–water partition coefficient (Wildman–Crippen LogP) is 4.54. The molecular formula is C14H21IO. The van der Waals surface area contributed by atoms with E-state index in [0.717, 1.165) is 10.8 Å². The molecule has 16 heavy (non-hydrogen) atoms. The van der Waals surface area contributed by atoms with Crippen molar-refractivity contribution < 1.29 is 4.74 Å². The number of hydrogen-bond donors (Lipinski definition) is 0. The highest BCUT2D eigenvalue weighted by Gasteiger charge is 2.27. The summed E-state index contributed by atoms with van der Waals surface area (Å²) in [6.45, 7) is 6.54. The van der Waals surface area contributed by atoms with E-state index in [-0.39, 0.29) is 5.60 Å². The molecular weight excluding hydrogens is 311 g/mol. The summed E-state index contributed by atoms with van der Waals surface area (Å²) in [5, 5.41) is 0. The third-order valence-corrected chi connectivity index (χ3v) is 4.25. The van der Waals surface area contributed by atoms with Gasteiger partial charge in [-0.2, -0.15) is 0 Å². The normalized spacial score (nSPS) is 16.8. The lowest BCUT2D eigenvalue weighted by Crippen LogP contribution is -2.31. The molecule has 0 aromatic heterocycles. The summed E-state index contributed by atoms with van der Waals surface area (Å²) in [6.07, 6.45) is 2.62. The first-order valence-corrected chi connectivity index (χ1v) is 7.44. The average Bonchev–Trinajstić information content (AvgIpc) is 2.30. The summed E-state index contributed by atoms with van der Waals surface area (Å²) in [7, 11) is 0. The standard InChI is InChI=1S/C14H21IO/c1-4-8-12(2)16-14(3,11-15)13-9-6-5-7-10-13/h5-7,9-10,12H,4,8,11H2,1-3H3. The Hall–Kier alpha value is -0.0900. The van der Waals surface area contributed by atoms with Gasteiger partial charge in [-0.05, 0) is 25.8 Å². The Labute approximate surface area is 113 Å². The molecule has 0 radical (unpaired) electrons. The van der Waals surface area contributed by atoms with E-state index in [0.29, 0.717) is 6.10 Å². The maximum atomic E-state index is 6.21. The molecule has 0 aliphatic carbocycles. The van der Waals surface area contributed by atoms with Crippen molar-refractivity contribution in [2.75, 3.05) is 4.43 Å². The van der Waals surface area contributed by atoms with Crippen LogP contribution in [0.2, 0.25) is 0 Å². The van der Waals surface area contributed by atoms with E-state index in [4.69, 9.17) is 4.74 Å². The summed E-state index contributed by atoms with van der Waals surface area (Å²) < 4.78 is 7.18. The molecule has 1 nitrogen and oxygen atoms in total. The molecule has 0 saturated heterocycles. The molecule has 0 saturated carbocycles. The van der Waals surface area contributed by atoms with E-state index in [1.54, 1.807) is 0 Å². The summed E-state index contributed by atoms with van der Waals surface area (Å²) in [5.41, 5.74) is 1.11. The van der Waals surface area contributed by atoms with Gasteiger partial charge in [0.05, 0.1) is 11.7 Å². The van der Waals surface area contributed by atoms with Gasteiger partial charge in [0.15, 0.2) is 0 Å².